The van der Waals surface area contributed by atoms with E-state index in [1.54, 1.807) is 43.3 Å². The van der Waals surface area contributed by atoms with Gasteiger partial charge in [0.05, 0.1) is 4.90 Å². The summed E-state index contributed by atoms with van der Waals surface area (Å²) in [4.78, 5) is 12.7. The van der Waals surface area contributed by atoms with Crippen molar-refractivity contribution in [3.8, 4) is 5.75 Å². The molecule has 30 heavy (non-hydrogen) atoms. The third-order valence-corrected chi connectivity index (χ3v) is 5.83. The van der Waals surface area contributed by atoms with E-state index in [-0.39, 0.29) is 22.9 Å². The van der Waals surface area contributed by atoms with Gasteiger partial charge in [0.2, 0.25) is 10.0 Å². The molecule has 0 fully saturated rings. The lowest BCUT2D eigenvalue weighted by atomic mass is 10.1. The van der Waals surface area contributed by atoms with E-state index < -0.39 is 15.9 Å². The van der Waals surface area contributed by atoms with Gasteiger partial charge >= 0.3 is 0 Å². The van der Waals surface area contributed by atoms with Crippen molar-refractivity contribution in [1.82, 2.24) is 4.72 Å². The third-order valence-electron chi connectivity index (χ3n) is 4.42. The van der Waals surface area contributed by atoms with E-state index >= 15 is 0 Å². The number of rotatable bonds is 7. The summed E-state index contributed by atoms with van der Waals surface area (Å²) in [5.41, 5.74) is 2.21. The molecule has 0 saturated carbocycles. The number of hydrogen-bond acceptors (Lipinski definition) is 4. The van der Waals surface area contributed by atoms with Crippen molar-refractivity contribution in [2.24, 2.45) is 0 Å². The van der Waals surface area contributed by atoms with Crippen molar-refractivity contribution in [2.75, 3.05) is 12.4 Å². The van der Waals surface area contributed by atoms with Crippen LogP contribution in [-0.2, 0) is 16.6 Å². The molecule has 0 spiro atoms. The summed E-state index contributed by atoms with van der Waals surface area (Å²) >= 11 is 0. The van der Waals surface area contributed by atoms with E-state index in [0.29, 0.717) is 17.0 Å². The minimum atomic E-state index is -3.66. The lowest BCUT2D eigenvalue weighted by Gasteiger charge is -2.11. The molecule has 0 unspecified atom stereocenters. The molecular formula is C22H21FN2O4S. The smallest absolute Gasteiger partial charge is 0.255 e. The Balaban J connectivity index is 1.74. The Labute approximate surface area is 174 Å². The maximum atomic E-state index is 13.3. The molecule has 156 valence electrons. The van der Waals surface area contributed by atoms with Crippen LogP contribution in [0, 0.1) is 12.7 Å². The minimum absolute atomic E-state index is 0.0120. The second-order valence-electron chi connectivity index (χ2n) is 6.58. The summed E-state index contributed by atoms with van der Waals surface area (Å²) < 4.78 is 45.1. The van der Waals surface area contributed by atoms with Crippen molar-refractivity contribution < 1.29 is 22.3 Å². The lowest BCUT2D eigenvalue weighted by molar-refractivity contribution is 0.102. The number of nitrogens with one attached hydrogen (secondary N) is 2. The van der Waals surface area contributed by atoms with Gasteiger partial charge < -0.3 is 10.1 Å². The molecule has 0 heterocycles. The molecule has 3 aromatic carbocycles. The Kier molecular flexibility index (Phi) is 6.49. The SMILES string of the molecule is CNS(=O)(=O)c1ccc(C)c(C(=O)Nc2cccc(COc3cccc(F)c3)c2)c1. The molecule has 0 atom stereocenters. The number of aryl methyl sites for hydroxylation is 1. The van der Waals surface area contributed by atoms with E-state index in [1.165, 1.54) is 31.3 Å². The topological polar surface area (TPSA) is 84.5 Å². The molecule has 0 aliphatic heterocycles. The highest BCUT2D eigenvalue weighted by Gasteiger charge is 2.16. The number of carbonyl (C=O) groups excluding carboxylic acids is 1. The van der Waals surface area contributed by atoms with Crippen molar-refractivity contribution in [2.45, 2.75) is 18.4 Å². The molecule has 0 saturated heterocycles. The highest BCUT2D eigenvalue weighted by molar-refractivity contribution is 7.89. The van der Waals surface area contributed by atoms with E-state index in [4.69, 9.17) is 4.74 Å². The fourth-order valence-corrected chi connectivity index (χ4v) is 3.55. The molecule has 6 nitrogen and oxygen atoms in total. The van der Waals surface area contributed by atoms with E-state index in [9.17, 15) is 17.6 Å². The zero-order valence-corrected chi connectivity index (χ0v) is 17.3. The summed E-state index contributed by atoms with van der Waals surface area (Å²) in [5.74, 6) is -0.405. The summed E-state index contributed by atoms with van der Waals surface area (Å²) in [7, 11) is -2.35. The summed E-state index contributed by atoms with van der Waals surface area (Å²) in [6.07, 6.45) is 0. The van der Waals surface area contributed by atoms with E-state index in [0.717, 1.165) is 5.56 Å². The number of carbonyl (C=O) groups is 1. The van der Waals surface area contributed by atoms with Crippen molar-refractivity contribution in [3.63, 3.8) is 0 Å². The van der Waals surface area contributed by atoms with Crippen LogP contribution in [0.2, 0.25) is 0 Å². The highest BCUT2D eigenvalue weighted by Crippen LogP contribution is 2.19. The number of anilines is 1. The third kappa shape index (κ3) is 5.22. The number of halogens is 1. The van der Waals surface area contributed by atoms with Crippen LogP contribution in [0.1, 0.15) is 21.5 Å². The average Bonchev–Trinajstić information content (AvgIpc) is 2.72. The Bertz CT molecular complexity index is 1180. The van der Waals surface area contributed by atoms with Gasteiger partial charge in [-0.1, -0.05) is 24.3 Å². The molecule has 3 rings (SSSR count). The van der Waals surface area contributed by atoms with Gasteiger partial charge in [-0.2, -0.15) is 0 Å². The van der Waals surface area contributed by atoms with Crippen LogP contribution >= 0.6 is 0 Å². The van der Waals surface area contributed by atoms with Crippen LogP contribution in [0.25, 0.3) is 0 Å². The predicted octanol–water partition coefficient (Wildman–Crippen LogP) is 3.87. The normalized spacial score (nSPS) is 11.2. The van der Waals surface area contributed by atoms with Gasteiger partial charge in [0.1, 0.15) is 18.2 Å². The Morgan fingerprint density at radius 3 is 2.53 bits per heavy atom. The van der Waals surface area contributed by atoms with Crippen molar-refractivity contribution in [3.05, 3.63) is 89.2 Å². The molecule has 0 aliphatic rings. The first-order chi connectivity index (χ1) is 14.3. The number of amides is 1. The molecule has 0 aromatic heterocycles. The monoisotopic (exact) mass is 428 g/mol. The first-order valence-corrected chi connectivity index (χ1v) is 10.6. The van der Waals surface area contributed by atoms with Crippen LogP contribution in [0.3, 0.4) is 0 Å². The highest BCUT2D eigenvalue weighted by atomic mass is 32.2. The molecule has 3 aromatic rings. The van der Waals surface area contributed by atoms with E-state index in [1.807, 2.05) is 6.07 Å². The first kappa shape index (κ1) is 21.5. The van der Waals surface area contributed by atoms with Gasteiger partial charge in [-0.3, -0.25) is 4.79 Å². The fourth-order valence-electron chi connectivity index (χ4n) is 2.79. The second kappa shape index (κ2) is 9.06. The van der Waals surface area contributed by atoms with E-state index in [2.05, 4.69) is 10.0 Å². The Hall–Kier alpha value is -3.23. The first-order valence-electron chi connectivity index (χ1n) is 9.11. The van der Waals surface area contributed by atoms with Crippen LogP contribution in [0.15, 0.2) is 71.6 Å². The standard InChI is InChI=1S/C22H21FN2O4S/c1-15-9-10-20(30(27,28)24-2)13-21(15)22(26)25-18-7-3-5-16(11-18)14-29-19-8-4-6-17(23)12-19/h3-13,24H,14H2,1-2H3,(H,25,26). The zero-order chi connectivity index (χ0) is 21.7. The van der Waals surface area contributed by atoms with Gasteiger partial charge in [0.15, 0.2) is 0 Å². The van der Waals surface area contributed by atoms with Gasteiger partial charge in [-0.05, 0) is 61.5 Å². The number of benzene rings is 3. The van der Waals surface area contributed by atoms with Crippen LogP contribution in [-0.4, -0.2) is 21.4 Å². The Morgan fingerprint density at radius 2 is 1.80 bits per heavy atom. The van der Waals surface area contributed by atoms with Crippen LogP contribution < -0.4 is 14.8 Å². The average molecular weight is 428 g/mol. The minimum Gasteiger partial charge on any atom is -0.489 e. The summed E-state index contributed by atoms with van der Waals surface area (Å²) in [6.45, 7) is 1.93. The quantitative estimate of drug-likeness (QED) is 0.598. The molecule has 0 bridgehead atoms. The number of hydrogen-bond donors (Lipinski definition) is 2. The lowest BCUT2D eigenvalue weighted by Crippen LogP contribution is -2.20. The fraction of sp³-hybridized carbons (Fsp3) is 0.136. The van der Waals surface area contributed by atoms with Gasteiger partial charge in [0, 0.05) is 17.3 Å². The van der Waals surface area contributed by atoms with Crippen LogP contribution in [0.4, 0.5) is 10.1 Å². The summed E-state index contributed by atoms with van der Waals surface area (Å²) in [6, 6.07) is 17.2. The second-order valence-corrected chi connectivity index (χ2v) is 8.47. The van der Waals surface area contributed by atoms with Gasteiger partial charge in [0.25, 0.3) is 5.91 Å². The van der Waals surface area contributed by atoms with Crippen molar-refractivity contribution >= 4 is 21.6 Å². The summed E-state index contributed by atoms with van der Waals surface area (Å²) in [5, 5.41) is 2.77. The molecule has 2 N–H and O–H groups in total. The van der Waals surface area contributed by atoms with Gasteiger partial charge in [-0.15, -0.1) is 0 Å². The van der Waals surface area contributed by atoms with Gasteiger partial charge in [-0.25, -0.2) is 17.5 Å². The molecule has 0 aliphatic carbocycles. The molecule has 8 heteroatoms. The maximum Gasteiger partial charge on any atom is 0.255 e. The zero-order valence-electron chi connectivity index (χ0n) is 16.5. The number of ether oxygens (including phenoxy) is 1. The van der Waals surface area contributed by atoms with Crippen LogP contribution in [0.5, 0.6) is 5.75 Å². The molecule has 1 amide bonds. The molecule has 0 radical (unpaired) electrons. The molecular weight excluding hydrogens is 407 g/mol. The van der Waals surface area contributed by atoms with Crippen molar-refractivity contribution in [1.29, 1.82) is 0 Å². The predicted molar refractivity (Wildman–Crippen MR) is 113 cm³/mol. The number of sulfonamides is 1. The maximum absolute atomic E-state index is 13.3. The Morgan fingerprint density at radius 1 is 1.03 bits per heavy atom. The largest absolute Gasteiger partial charge is 0.489 e.